The Labute approximate surface area is 177 Å². The van der Waals surface area contributed by atoms with Gasteiger partial charge in [-0.25, -0.2) is 0 Å². The summed E-state index contributed by atoms with van der Waals surface area (Å²) in [5.41, 5.74) is 2.51. The highest BCUT2D eigenvalue weighted by molar-refractivity contribution is 5.88. The topological polar surface area (TPSA) is 71.8 Å². The number of aryl methyl sites for hydroxylation is 2. The van der Waals surface area contributed by atoms with Gasteiger partial charge in [0.05, 0.1) is 0 Å². The number of hydrogen-bond acceptors (Lipinski definition) is 4. The maximum absolute atomic E-state index is 13.0. The average Bonchev–Trinajstić information content (AvgIpc) is 3.04. The Balaban J connectivity index is 1.40. The predicted octanol–water partition coefficient (Wildman–Crippen LogP) is 3.97. The van der Waals surface area contributed by atoms with Crippen LogP contribution < -0.4 is 10.6 Å². The number of nitrogens with one attached hydrogen (secondary N) is 2. The molecule has 0 bridgehead atoms. The normalized spacial score (nSPS) is 16.4. The number of carbonyl (C=O) groups excluding carboxylic acids is 1. The third kappa shape index (κ3) is 4.37. The number of nitrogens with zero attached hydrogens (tertiary/aromatic N) is 3. The van der Waals surface area contributed by atoms with Crippen LogP contribution in [0.15, 0.2) is 54.6 Å². The number of aromatic nitrogens is 3. The van der Waals surface area contributed by atoms with Crippen molar-refractivity contribution in [1.29, 1.82) is 0 Å². The van der Waals surface area contributed by atoms with Crippen molar-refractivity contribution in [2.75, 3.05) is 5.32 Å². The van der Waals surface area contributed by atoms with Crippen molar-refractivity contribution in [3.05, 3.63) is 66.0 Å². The molecule has 1 aliphatic rings. The number of benzene rings is 2. The van der Waals surface area contributed by atoms with Gasteiger partial charge in [0.1, 0.15) is 11.4 Å². The van der Waals surface area contributed by atoms with E-state index in [1.165, 1.54) is 5.56 Å². The van der Waals surface area contributed by atoms with E-state index in [-0.39, 0.29) is 11.9 Å². The quantitative estimate of drug-likeness (QED) is 0.676. The Bertz CT molecular complexity index is 1010. The summed E-state index contributed by atoms with van der Waals surface area (Å²) in [7, 11) is 0. The fraction of sp³-hybridized carbons (Fsp3) is 0.375. The SMILES string of the molecule is Cc1ccc(NC(C)(C)C(=O)NC2CCc3nnc(-c4ccccc4)n3CC2)cc1. The third-order valence-corrected chi connectivity index (χ3v) is 5.69. The van der Waals surface area contributed by atoms with Gasteiger partial charge in [-0.2, -0.15) is 0 Å². The van der Waals surface area contributed by atoms with E-state index < -0.39 is 5.54 Å². The van der Waals surface area contributed by atoms with E-state index in [0.717, 1.165) is 48.7 Å². The molecule has 4 rings (SSSR count). The molecule has 0 aliphatic carbocycles. The van der Waals surface area contributed by atoms with Crippen LogP contribution in [0, 0.1) is 6.92 Å². The van der Waals surface area contributed by atoms with Crippen molar-refractivity contribution in [2.24, 2.45) is 0 Å². The molecular formula is C24H29N5O. The largest absolute Gasteiger partial charge is 0.372 e. The zero-order chi connectivity index (χ0) is 21.1. The molecule has 3 aromatic rings. The first-order valence-corrected chi connectivity index (χ1v) is 10.6. The zero-order valence-electron chi connectivity index (χ0n) is 17.9. The summed E-state index contributed by atoms with van der Waals surface area (Å²) in [5, 5.41) is 15.4. The molecule has 1 amide bonds. The number of carbonyl (C=O) groups is 1. The zero-order valence-corrected chi connectivity index (χ0v) is 17.9. The minimum Gasteiger partial charge on any atom is -0.372 e. The molecule has 1 unspecified atom stereocenters. The van der Waals surface area contributed by atoms with Gasteiger partial charge in [0, 0.05) is 30.3 Å². The molecule has 1 aromatic heterocycles. The van der Waals surface area contributed by atoms with Gasteiger partial charge in [0.2, 0.25) is 5.91 Å². The first kappa shape index (κ1) is 20.1. The molecular weight excluding hydrogens is 374 g/mol. The maximum atomic E-state index is 13.0. The number of rotatable bonds is 5. The van der Waals surface area contributed by atoms with Crippen molar-refractivity contribution >= 4 is 11.6 Å². The van der Waals surface area contributed by atoms with E-state index in [9.17, 15) is 4.79 Å². The van der Waals surface area contributed by atoms with Crippen molar-refractivity contribution < 1.29 is 4.79 Å². The van der Waals surface area contributed by atoms with Crippen molar-refractivity contribution in [2.45, 2.75) is 58.2 Å². The van der Waals surface area contributed by atoms with E-state index >= 15 is 0 Å². The standard InChI is InChI=1S/C24H29N5O/c1-17-9-11-20(12-10-17)26-24(2,3)23(30)25-19-13-14-21-27-28-22(29(21)16-15-19)18-7-5-4-6-8-18/h4-12,19,26H,13-16H2,1-3H3,(H,25,30). The van der Waals surface area contributed by atoms with Crippen molar-refractivity contribution in [3.63, 3.8) is 0 Å². The second-order valence-corrected chi connectivity index (χ2v) is 8.57. The van der Waals surface area contributed by atoms with Gasteiger partial charge in [0.25, 0.3) is 0 Å². The molecule has 2 N–H and O–H groups in total. The van der Waals surface area contributed by atoms with Crippen LogP contribution in [0.2, 0.25) is 0 Å². The van der Waals surface area contributed by atoms with E-state index in [0.29, 0.717) is 0 Å². The number of fused-ring (bicyclic) bond motifs is 1. The van der Waals surface area contributed by atoms with Gasteiger partial charge < -0.3 is 15.2 Å². The fourth-order valence-electron chi connectivity index (χ4n) is 3.85. The maximum Gasteiger partial charge on any atom is 0.245 e. The highest BCUT2D eigenvalue weighted by Crippen LogP contribution is 2.23. The average molecular weight is 404 g/mol. The molecule has 156 valence electrons. The minimum absolute atomic E-state index is 0.00835. The molecule has 2 aromatic carbocycles. The first-order valence-electron chi connectivity index (χ1n) is 10.6. The van der Waals surface area contributed by atoms with Gasteiger partial charge in [-0.3, -0.25) is 4.79 Å². The van der Waals surface area contributed by atoms with E-state index in [1.807, 2.05) is 56.3 Å². The Kier molecular flexibility index (Phi) is 5.57. The van der Waals surface area contributed by atoms with Crippen LogP contribution in [0.3, 0.4) is 0 Å². The molecule has 2 heterocycles. The summed E-state index contributed by atoms with van der Waals surface area (Å²) in [6.07, 6.45) is 2.52. The summed E-state index contributed by atoms with van der Waals surface area (Å²) >= 11 is 0. The highest BCUT2D eigenvalue weighted by atomic mass is 16.2. The van der Waals surface area contributed by atoms with Crippen molar-refractivity contribution in [3.8, 4) is 11.4 Å². The van der Waals surface area contributed by atoms with Crippen LogP contribution in [0.1, 0.15) is 38.1 Å². The summed E-state index contributed by atoms with van der Waals surface area (Å²) in [6.45, 7) is 6.68. The van der Waals surface area contributed by atoms with Gasteiger partial charge in [-0.05, 0) is 45.7 Å². The summed E-state index contributed by atoms with van der Waals surface area (Å²) in [6, 6.07) is 18.4. The van der Waals surface area contributed by atoms with E-state index in [4.69, 9.17) is 0 Å². The number of anilines is 1. The lowest BCUT2D eigenvalue weighted by atomic mass is 10.0. The van der Waals surface area contributed by atoms with Gasteiger partial charge in [-0.1, -0.05) is 48.0 Å². The molecule has 0 saturated carbocycles. The van der Waals surface area contributed by atoms with Gasteiger partial charge in [-0.15, -0.1) is 10.2 Å². The third-order valence-electron chi connectivity index (χ3n) is 5.69. The predicted molar refractivity (Wildman–Crippen MR) is 119 cm³/mol. The summed E-state index contributed by atoms with van der Waals surface area (Å²) < 4.78 is 2.19. The number of amides is 1. The molecule has 0 spiro atoms. The lowest BCUT2D eigenvalue weighted by molar-refractivity contribution is -0.125. The van der Waals surface area contributed by atoms with Crippen LogP contribution in [0.25, 0.3) is 11.4 Å². The molecule has 0 radical (unpaired) electrons. The molecule has 0 fully saturated rings. The van der Waals surface area contributed by atoms with Crippen LogP contribution in [0.5, 0.6) is 0 Å². The fourth-order valence-corrected chi connectivity index (χ4v) is 3.85. The Morgan fingerprint density at radius 3 is 2.50 bits per heavy atom. The Hall–Kier alpha value is -3.15. The number of hydrogen-bond donors (Lipinski definition) is 2. The summed E-state index contributed by atoms with van der Waals surface area (Å²) in [4.78, 5) is 13.0. The first-order chi connectivity index (χ1) is 14.4. The smallest absolute Gasteiger partial charge is 0.245 e. The minimum atomic E-state index is -0.702. The van der Waals surface area contributed by atoms with Crippen LogP contribution in [0.4, 0.5) is 5.69 Å². The van der Waals surface area contributed by atoms with Crippen molar-refractivity contribution in [1.82, 2.24) is 20.1 Å². The second kappa shape index (κ2) is 8.30. The summed E-state index contributed by atoms with van der Waals surface area (Å²) in [5.74, 6) is 1.90. The van der Waals surface area contributed by atoms with Crippen LogP contribution in [-0.2, 0) is 17.8 Å². The second-order valence-electron chi connectivity index (χ2n) is 8.57. The van der Waals surface area contributed by atoms with Crippen LogP contribution in [-0.4, -0.2) is 32.3 Å². The molecule has 0 saturated heterocycles. The lowest BCUT2D eigenvalue weighted by Gasteiger charge is -2.29. The van der Waals surface area contributed by atoms with Crippen LogP contribution >= 0.6 is 0 Å². The molecule has 1 aliphatic heterocycles. The molecule has 30 heavy (non-hydrogen) atoms. The monoisotopic (exact) mass is 403 g/mol. The lowest BCUT2D eigenvalue weighted by Crippen LogP contribution is -2.51. The van der Waals surface area contributed by atoms with E-state index in [1.54, 1.807) is 0 Å². The Morgan fingerprint density at radius 1 is 1.03 bits per heavy atom. The van der Waals surface area contributed by atoms with Gasteiger partial charge >= 0.3 is 0 Å². The van der Waals surface area contributed by atoms with Gasteiger partial charge in [0.15, 0.2) is 5.82 Å². The van der Waals surface area contributed by atoms with E-state index in [2.05, 4.69) is 44.5 Å². The molecule has 6 heteroatoms. The molecule has 1 atom stereocenters. The highest BCUT2D eigenvalue weighted by Gasteiger charge is 2.30. The molecule has 6 nitrogen and oxygen atoms in total. The Morgan fingerprint density at radius 2 is 1.77 bits per heavy atom.